The first-order valence-electron chi connectivity index (χ1n) is 7.21. The molecule has 4 nitrogen and oxygen atoms in total. The number of hydrogen-bond donors (Lipinski definition) is 3. The minimum absolute atomic E-state index is 0.0617. The van der Waals surface area contributed by atoms with Crippen LogP contribution in [0, 0.1) is 5.82 Å². The van der Waals surface area contributed by atoms with Crippen molar-refractivity contribution in [1.29, 1.82) is 0 Å². The summed E-state index contributed by atoms with van der Waals surface area (Å²) >= 11 is 0. The van der Waals surface area contributed by atoms with E-state index < -0.39 is 17.6 Å². The van der Waals surface area contributed by atoms with Crippen LogP contribution in [0.25, 0.3) is 0 Å². The fraction of sp³-hybridized carbons (Fsp3) is 0.562. The first-order chi connectivity index (χ1) is 9.79. The third-order valence-corrected chi connectivity index (χ3v) is 3.23. The second-order valence-electron chi connectivity index (χ2n) is 5.88. The second kappa shape index (κ2) is 8.10. The van der Waals surface area contributed by atoms with Crippen molar-refractivity contribution in [2.75, 3.05) is 0 Å². The summed E-state index contributed by atoms with van der Waals surface area (Å²) in [4.78, 5) is 11.7. The number of carbonyl (C=O) groups excluding carboxylic acids is 1. The van der Waals surface area contributed by atoms with Crippen LogP contribution in [-0.2, 0) is 11.3 Å². The minimum atomic E-state index is -1.10. The maximum Gasteiger partial charge on any atom is 0.249 e. The molecule has 1 rings (SSSR count). The SMILES string of the molecule is CC(C)(O)CCCC[C@H](O)C(=O)NCc1ccccc1F. The quantitative estimate of drug-likeness (QED) is 0.644. The van der Waals surface area contributed by atoms with Gasteiger partial charge >= 0.3 is 0 Å². The molecule has 118 valence electrons. The third kappa shape index (κ3) is 7.20. The summed E-state index contributed by atoms with van der Waals surface area (Å²) < 4.78 is 13.4. The molecular weight excluding hydrogens is 273 g/mol. The number of carbonyl (C=O) groups is 1. The number of rotatable bonds is 8. The number of nitrogens with one attached hydrogen (secondary N) is 1. The number of amides is 1. The van der Waals surface area contributed by atoms with E-state index in [0.29, 0.717) is 24.8 Å². The number of benzene rings is 1. The first kappa shape index (κ1) is 17.6. The minimum Gasteiger partial charge on any atom is -0.390 e. The topological polar surface area (TPSA) is 69.6 Å². The summed E-state index contributed by atoms with van der Waals surface area (Å²) in [6.45, 7) is 3.52. The average Bonchev–Trinajstić information content (AvgIpc) is 2.41. The third-order valence-electron chi connectivity index (χ3n) is 3.23. The molecule has 0 bridgehead atoms. The summed E-state index contributed by atoms with van der Waals surface area (Å²) in [5.74, 6) is -0.876. The Morgan fingerprint density at radius 2 is 2.00 bits per heavy atom. The lowest BCUT2D eigenvalue weighted by Crippen LogP contribution is -2.34. The van der Waals surface area contributed by atoms with Crippen molar-refractivity contribution >= 4 is 5.91 Å². The maximum absolute atomic E-state index is 13.4. The number of hydrogen-bond acceptors (Lipinski definition) is 3. The maximum atomic E-state index is 13.4. The summed E-state index contributed by atoms with van der Waals surface area (Å²) in [7, 11) is 0. The van der Waals surface area contributed by atoms with Crippen molar-refractivity contribution in [2.45, 2.75) is 57.8 Å². The molecule has 0 saturated heterocycles. The van der Waals surface area contributed by atoms with Crippen LogP contribution < -0.4 is 5.32 Å². The number of unbranched alkanes of at least 4 members (excludes halogenated alkanes) is 1. The Kier molecular flexibility index (Phi) is 6.78. The van der Waals surface area contributed by atoms with Crippen LogP contribution in [0.2, 0.25) is 0 Å². The predicted octanol–water partition coefficient (Wildman–Crippen LogP) is 2.13. The Morgan fingerprint density at radius 3 is 2.62 bits per heavy atom. The van der Waals surface area contributed by atoms with Gasteiger partial charge in [0, 0.05) is 12.1 Å². The van der Waals surface area contributed by atoms with Crippen molar-refractivity contribution < 1.29 is 19.4 Å². The average molecular weight is 297 g/mol. The molecule has 1 aromatic carbocycles. The molecule has 0 aliphatic carbocycles. The molecule has 0 unspecified atom stereocenters. The van der Waals surface area contributed by atoms with E-state index in [-0.39, 0.29) is 12.4 Å². The van der Waals surface area contributed by atoms with E-state index in [1.54, 1.807) is 32.0 Å². The Bertz CT molecular complexity index is 457. The number of aliphatic hydroxyl groups excluding tert-OH is 1. The molecule has 1 atom stereocenters. The predicted molar refractivity (Wildman–Crippen MR) is 79.0 cm³/mol. The van der Waals surface area contributed by atoms with Crippen LogP contribution in [-0.4, -0.2) is 27.8 Å². The van der Waals surface area contributed by atoms with E-state index in [0.717, 1.165) is 6.42 Å². The molecule has 0 aliphatic rings. The van der Waals surface area contributed by atoms with Crippen molar-refractivity contribution in [3.05, 3.63) is 35.6 Å². The zero-order valence-electron chi connectivity index (χ0n) is 12.6. The Morgan fingerprint density at radius 1 is 1.33 bits per heavy atom. The highest BCUT2D eigenvalue weighted by Crippen LogP contribution is 2.14. The van der Waals surface area contributed by atoms with Crippen LogP contribution in [0.3, 0.4) is 0 Å². The number of aliphatic hydroxyl groups is 2. The van der Waals surface area contributed by atoms with Gasteiger partial charge in [-0.05, 0) is 32.8 Å². The van der Waals surface area contributed by atoms with Crippen LogP contribution >= 0.6 is 0 Å². The van der Waals surface area contributed by atoms with Gasteiger partial charge in [0.2, 0.25) is 5.91 Å². The molecule has 0 radical (unpaired) electrons. The van der Waals surface area contributed by atoms with Crippen LogP contribution in [0.1, 0.15) is 45.1 Å². The molecule has 0 aliphatic heterocycles. The molecular formula is C16H24FNO3. The van der Waals surface area contributed by atoms with E-state index in [9.17, 15) is 19.4 Å². The van der Waals surface area contributed by atoms with Crippen molar-refractivity contribution in [2.24, 2.45) is 0 Å². The molecule has 0 fully saturated rings. The lowest BCUT2D eigenvalue weighted by Gasteiger charge is -2.17. The zero-order valence-corrected chi connectivity index (χ0v) is 12.6. The van der Waals surface area contributed by atoms with E-state index >= 15 is 0 Å². The lowest BCUT2D eigenvalue weighted by atomic mass is 10.00. The summed E-state index contributed by atoms with van der Waals surface area (Å²) in [5.41, 5.74) is -0.335. The molecule has 0 saturated carbocycles. The van der Waals surface area contributed by atoms with Gasteiger partial charge in [0.05, 0.1) is 5.60 Å². The highest BCUT2D eigenvalue weighted by molar-refractivity contribution is 5.80. The van der Waals surface area contributed by atoms with Crippen LogP contribution in [0.4, 0.5) is 4.39 Å². The van der Waals surface area contributed by atoms with Crippen LogP contribution in [0.5, 0.6) is 0 Å². The van der Waals surface area contributed by atoms with Gasteiger partial charge in [-0.3, -0.25) is 4.79 Å². The smallest absolute Gasteiger partial charge is 0.249 e. The van der Waals surface area contributed by atoms with Crippen molar-refractivity contribution in [1.82, 2.24) is 5.32 Å². The van der Waals surface area contributed by atoms with Gasteiger partial charge in [-0.2, -0.15) is 0 Å². The Balaban J connectivity index is 2.27. The molecule has 3 N–H and O–H groups in total. The van der Waals surface area contributed by atoms with E-state index in [1.807, 2.05) is 0 Å². The zero-order chi connectivity index (χ0) is 15.9. The van der Waals surface area contributed by atoms with E-state index in [4.69, 9.17) is 0 Å². The van der Waals surface area contributed by atoms with Gasteiger partial charge in [0.15, 0.2) is 0 Å². The van der Waals surface area contributed by atoms with Crippen molar-refractivity contribution in [3.63, 3.8) is 0 Å². The van der Waals surface area contributed by atoms with Crippen molar-refractivity contribution in [3.8, 4) is 0 Å². The normalized spacial score (nSPS) is 13.0. The molecule has 0 spiro atoms. The largest absolute Gasteiger partial charge is 0.390 e. The van der Waals surface area contributed by atoms with Gasteiger partial charge in [-0.15, -0.1) is 0 Å². The summed E-state index contributed by atoms with van der Waals surface area (Å²) in [6.07, 6.45) is 1.24. The summed E-state index contributed by atoms with van der Waals surface area (Å²) in [6, 6.07) is 6.19. The molecule has 0 aromatic heterocycles. The van der Waals surface area contributed by atoms with E-state index in [1.165, 1.54) is 6.07 Å². The van der Waals surface area contributed by atoms with Gasteiger partial charge in [-0.25, -0.2) is 4.39 Å². The molecule has 5 heteroatoms. The first-order valence-corrected chi connectivity index (χ1v) is 7.21. The molecule has 1 amide bonds. The fourth-order valence-corrected chi connectivity index (χ4v) is 1.97. The van der Waals surface area contributed by atoms with E-state index in [2.05, 4.69) is 5.32 Å². The van der Waals surface area contributed by atoms with Crippen LogP contribution in [0.15, 0.2) is 24.3 Å². The second-order valence-corrected chi connectivity index (χ2v) is 5.88. The summed E-state index contributed by atoms with van der Waals surface area (Å²) in [5, 5.41) is 21.8. The lowest BCUT2D eigenvalue weighted by molar-refractivity contribution is -0.129. The standard InChI is InChI=1S/C16H24FNO3/c1-16(2,21)10-6-5-9-14(19)15(20)18-11-12-7-3-4-8-13(12)17/h3-4,7-8,14,19,21H,5-6,9-11H2,1-2H3,(H,18,20)/t14-/m0/s1. The molecule has 0 heterocycles. The Hall–Kier alpha value is -1.46. The monoisotopic (exact) mass is 297 g/mol. The highest BCUT2D eigenvalue weighted by Gasteiger charge is 2.16. The van der Waals surface area contributed by atoms with Gasteiger partial charge in [0.25, 0.3) is 0 Å². The molecule has 1 aromatic rings. The van der Waals surface area contributed by atoms with Gasteiger partial charge in [-0.1, -0.05) is 31.0 Å². The fourth-order valence-electron chi connectivity index (χ4n) is 1.97. The van der Waals surface area contributed by atoms with Gasteiger partial charge < -0.3 is 15.5 Å². The molecule has 21 heavy (non-hydrogen) atoms. The Labute approximate surface area is 125 Å². The highest BCUT2D eigenvalue weighted by atomic mass is 19.1. The number of halogens is 1. The van der Waals surface area contributed by atoms with Gasteiger partial charge in [0.1, 0.15) is 11.9 Å².